The molecule has 0 spiro atoms. The van der Waals surface area contributed by atoms with Crippen LogP contribution in [0.1, 0.15) is 0 Å². The van der Waals surface area contributed by atoms with Gasteiger partial charge in [0, 0.05) is 18.6 Å². The Labute approximate surface area is 85.2 Å². The molecule has 0 aromatic heterocycles. The topological polar surface area (TPSA) is 58.9 Å². The summed E-state index contributed by atoms with van der Waals surface area (Å²) in [5, 5.41) is 17.7. The van der Waals surface area contributed by atoms with Gasteiger partial charge in [0.25, 0.3) is 0 Å². The predicted octanol–water partition coefficient (Wildman–Crippen LogP) is -0.373. The summed E-state index contributed by atoms with van der Waals surface area (Å²) in [6.45, 7) is -0.276. The molecule has 2 N–H and O–H groups in total. The maximum Gasteiger partial charge on any atom is 0.492 e. The van der Waals surface area contributed by atoms with Crippen molar-refractivity contribution in [1.82, 2.24) is 0 Å². The summed E-state index contributed by atoms with van der Waals surface area (Å²) in [5.74, 6) is -2.37. The number of hydrogen-bond donors (Lipinski definition) is 2. The predicted molar refractivity (Wildman–Crippen MR) is 48.7 cm³/mol. The Bertz CT molecular complexity index is 346. The molecule has 0 unspecified atom stereocenters. The van der Waals surface area contributed by atoms with Crippen molar-refractivity contribution < 1.29 is 28.3 Å². The third-order valence-corrected chi connectivity index (χ3v) is 1.64. The van der Waals surface area contributed by atoms with E-state index in [1.54, 1.807) is 0 Å². The number of hydrogen-bond acceptors (Lipinski definition) is 4. The standard InChI is InChI=1S/C8H9BF2O4/c1-14-4-15-8-6(9(12)13)2-5(10)3-7(8)11/h2-3,12-13H,4H2,1H3. The SMILES string of the molecule is COCOc1c(F)cc(F)cc1B(O)O. The Morgan fingerprint density at radius 1 is 1.33 bits per heavy atom. The fourth-order valence-electron chi connectivity index (χ4n) is 1.04. The zero-order valence-corrected chi connectivity index (χ0v) is 7.91. The summed E-state index contributed by atoms with van der Waals surface area (Å²) in [6.07, 6.45) is 0. The molecule has 0 atom stereocenters. The van der Waals surface area contributed by atoms with Crippen LogP contribution in [0.25, 0.3) is 0 Å². The van der Waals surface area contributed by atoms with Gasteiger partial charge >= 0.3 is 7.12 Å². The first-order chi connectivity index (χ1) is 7.06. The van der Waals surface area contributed by atoms with E-state index in [1.165, 1.54) is 7.11 Å². The summed E-state index contributed by atoms with van der Waals surface area (Å²) >= 11 is 0. The van der Waals surface area contributed by atoms with Crippen molar-refractivity contribution in [3.8, 4) is 5.75 Å². The zero-order valence-electron chi connectivity index (χ0n) is 7.91. The minimum atomic E-state index is -2.01. The first kappa shape index (κ1) is 11.9. The van der Waals surface area contributed by atoms with E-state index in [1.807, 2.05) is 0 Å². The lowest BCUT2D eigenvalue weighted by molar-refractivity contribution is 0.0488. The molecule has 0 aliphatic carbocycles. The van der Waals surface area contributed by atoms with Gasteiger partial charge < -0.3 is 19.5 Å². The summed E-state index contributed by atoms with van der Waals surface area (Å²) in [6, 6.07) is 1.36. The number of rotatable bonds is 4. The van der Waals surface area contributed by atoms with E-state index in [0.29, 0.717) is 6.07 Å². The van der Waals surface area contributed by atoms with Gasteiger partial charge in [-0.2, -0.15) is 0 Å². The maximum absolute atomic E-state index is 13.2. The Balaban J connectivity index is 3.09. The molecule has 1 aromatic carbocycles. The van der Waals surface area contributed by atoms with E-state index in [2.05, 4.69) is 4.74 Å². The number of ether oxygens (including phenoxy) is 2. The number of benzene rings is 1. The first-order valence-electron chi connectivity index (χ1n) is 4.03. The van der Waals surface area contributed by atoms with Crippen LogP contribution >= 0.6 is 0 Å². The van der Waals surface area contributed by atoms with Gasteiger partial charge in [-0.05, 0) is 6.07 Å². The third-order valence-electron chi connectivity index (χ3n) is 1.64. The molecule has 0 saturated carbocycles. The smallest absolute Gasteiger partial charge is 0.465 e. The lowest BCUT2D eigenvalue weighted by Crippen LogP contribution is -2.32. The molecule has 7 heteroatoms. The van der Waals surface area contributed by atoms with Crippen molar-refractivity contribution >= 4 is 12.6 Å². The van der Waals surface area contributed by atoms with Crippen molar-refractivity contribution in [2.75, 3.05) is 13.9 Å². The molecule has 0 saturated heterocycles. The van der Waals surface area contributed by atoms with Gasteiger partial charge in [-0.25, -0.2) is 8.78 Å². The molecule has 4 nitrogen and oxygen atoms in total. The molecule has 0 heterocycles. The van der Waals surface area contributed by atoms with Crippen molar-refractivity contribution in [2.45, 2.75) is 0 Å². The molecule has 0 aliphatic rings. The average Bonchev–Trinajstić information content (AvgIpc) is 2.15. The summed E-state index contributed by atoms with van der Waals surface area (Å²) in [5.41, 5.74) is -0.385. The highest BCUT2D eigenvalue weighted by Gasteiger charge is 2.22. The Morgan fingerprint density at radius 3 is 2.53 bits per heavy atom. The van der Waals surface area contributed by atoms with Gasteiger partial charge in [-0.15, -0.1) is 0 Å². The third kappa shape index (κ3) is 2.88. The lowest BCUT2D eigenvalue weighted by atomic mass is 9.79. The first-order valence-corrected chi connectivity index (χ1v) is 4.03. The van der Waals surface area contributed by atoms with E-state index in [-0.39, 0.29) is 12.3 Å². The van der Waals surface area contributed by atoms with Crippen LogP contribution < -0.4 is 10.2 Å². The molecular formula is C8H9BF2O4. The monoisotopic (exact) mass is 218 g/mol. The molecule has 0 bridgehead atoms. The fraction of sp³-hybridized carbons (Fsp3) is 0.250. The van der Waals surface area contributed by atoms with E-state index in [4.69, 9.17) is 14.8 Å². The Hall–Kier alpha value is -1.18. The van der Waals surface area contributed by atoms with Crippen LogP contribution in [0.2, 0.25) is 0 Å². The van der Waals surface area contributed by atoms with Crippen molar-refractivity contribution in [3.05, 3.63) is 23.8 Å². The highest BCUT2D eigenvalue weighted by atomic mass is 19.1. The van der Waals surface area contributed by atoms with E-state index < -0.39 is 24.5 Å². The second kappa shape index (κ2) is 5.06. The van der Waals surface area contributed by atoms with E-state index >= 15 is 0 Å². The Morgan fingerprint density at radius 2 is 2.00 bits per heavy atom. The Kier molecular flexibility index (Phi) is 4.01. The van der Waals surface area contributed by atoms with Gasteiger partial charge in [0.05, 0.1) is 0 Å². The van der Waals surface area contributed by atoms with Crippen molar-refractivity contribution in [3.63, 3.8) is 0 Å². The molecule has 1 rings (SSSR count). The molecule has 0 amide bonds. The zero-order chi connectivity index (χ0) is 11.4. The second-order valence-electron chi connectivity index (χ2n) is 2.73. The largest absolute Gasteiger partial charge is 0.492 e. The van der Waals surface area contributed by atoms with E-state index in [0.717, 1.165) is 6.07 Å². The van der Waals surface area contributed by atoms with Crippen LogP contribution in [0.15, 0.2) is 12.1 Å². The van der Waals surface area contributed by atoms with E-state index in [9.17, 15) is 8.78 Å². The molecule has 1 aromatic rings. The molecular weight excluding hydrogens is 209 g/mol. The van der Waals surface area contributed by atoms with Crippen molar-refractivity contribution in [2.24, 2.45) is 0 Å². The molecule has 0 aliphatic heterocycles. The normalized spacial score (nSPS) is 10.2. The maximum atomic E-state index is 13.2. The van der Waals surface area contributed by atoms with Gasteiger partial charge in [-0.3, -0.25) is 0 Å². The molecule has 0 radical (unpaired) electrons. The van der Waals surface area contributed by atoms with Crippen LogP contribution in [-0.2, 0) is 4.74 Å². The summed E-state index contributed by atoms with van der Waals surface area (Å²) < 4.78 is 35.2. The van der Waals surface area contributed by atoms with Crippen LogP contribution in [0.5, 0.6) is 5.75 Å². The quantitative estimate of drug-likeness (QED) is 0.534. The number of halogens is 2. The van der Waals surface area contributed by atoms with Gasteiger partial charge in [0.2, 0.25) is 0 Å². The molecule has 0 fully saturated rings. The molecule has 82 valence electrons. The molecule has 15 heavy (non-hydrogen) atoms. The highest BCUT2D eigenvalue weighted by molar-refractivity contribution is 6.59. The average molecular weight is 218 g/mol. The second-order valence-corrected chi connectivity index (χ2v) is 2.73. The lowest BCUT2D eigenvalue weighted by Gasteiger charge is -2.11. The van der Waals surface area contributed by atoms with Crippen LogP contribution in [0, 0.1) is 11.6 Å². The minimum absolute atomic E-state index is 0.276. The minimum Gasteiger partial charge on any atom is -0.465 e. The van der Waals surface area contributed by atoms with Gasteiger partial charge in [-0.1, -0.05) is 0 Å². The van der Waals surface area contributed by atoms with Crippen LogP contribution in [-0.4, -0.2) is 31.1 Å². The highest BCUT2D eigenvalue weighted by Crippen LogP contribution is 2.16. The van der Waals surface area contributed by atoms with Crippen LogP contribution in [0.4, 0.5) is 8.78 Å². The summed E-state index contributed by atoms with van der Waals surface area (Å²) in [4.78, 5) is 0. The fourth-order valence-corrected chi connectivity index (χ4v) is 1.04. The van der Waals surface area contributed by atoms with Crippen LogP contribution in [0.3, 0.4) is 0 Å². The summed E-state index contributed by atoms with van der Waals surface area (Å²) in [7, 11) is -0.696. The van der Waals surface area contributed by atoms with Gasteiger partial charge in [0.1, 0.15) is 5.82 Å². The van der Waals surface area contributed by atoms with Crippen molar-refractivity contribution in [1.29, 1.82) is 0 Å². The van der Waals surface area contributed by atoms with Gasteiger partial charge in [0.15, 0.2) is 18.4 Å². The number of methoxy groups -OCH3 is 1.